The van der Waals surface area contributed by atoms with Gasteiger partial charge in [-0.1, -0.05) is 18.2 Å². The van der Waals surface area contributed by atoms with Crippen molar-refractivity contribution in [3.63, 3.8) is 0 Å². The van der Waals surface area contributed by atoms with Gasteiger partial charge >= 0.3 is 11.8 Å². The second-order valence-corrected chi connectivity index (χ2v) is 4.17. The molecule has 0 N–H and O–H groups in total. The van der Waals surface area contributed by atoms with E-state index in [4.69, 9.17) is 0 Å². The van der Waals surface area contributed by atoms with Crippen LogP contribution in [0.5, 0.6) is 0 Å². The Kier molecular flexibility index (Phi) is 1.66. The lowest BCUT2D eigenvalue weighted by Crippen LogP contribution is -2.30. The molecule has 1 aromatic carbocycles. The summed E-state index contributed by atoms with van der Waals surface area (Å²) < 4.78 is 38.4. The highest BCUT2D eigenvalue weighted by molar-refractivity contribution is 5.37. The molecule has 2 aliphatic heterocycles. The van der Waals surface area contributed by atoms with Crippen LogP contribution in [0.2, 0.25) is 0 Å². The minimum atomic E-state index is -4.50. The van der Waals surface area contributed by atoms with Crippen molar-refractivity contribution in [3.05, 3.63) is 35.4 Å². The number of nitrogens with zero attached hydrogens (tertiary/aromatic N) is 4. The summed E-state index contributed by atoms with van der Waals surface area (Å²) in [4.78, 5) is 0. The number of hydrogen-bond donors (Lipinski definition) is 0. The minimum absolute atomic E-state index is 0.0148. The molecular weight excluding hydrogens is 233 g/mol. The van der Waals surface area contributed by atoms with E-state index in [1.165, 1.54) is 18.2 Å². The van der Waals surface area contributed by atoms with Gasteiger partial charge in [0, 0.05) is 11.1 Å². The topological polar surface area (TPSA) is 49.4 Å². The van der Waals surface area contributed by atoms with Gasteiger partial charge in [-0.2, -0.15) is 23.4 Å². The van der Waals surface area contributed by atoms with Crippen LogP contribution in [0.25, 0.3) is 0 Å². The van der Waals surface area contributed by atoms with Crippen LogP contribution in [-0.2, 0) is 11.3 Å². The van der Waals surface area contributed by atoms with Crippen molar-refractivity contribution in [2.45, 2.75) is 24.4 Å². The van der Waals surface area contributed by atoms with Crippen molar-refractivity contribution >= 4 is 0 Å². The first-order chi connectivity index (χ1) is 7.87. The summed E-state index contributed by atoms with van der Waals surface area (Å²) in [6.45, 7) is 1.73. The zero-order valence-corrected chi connectivity index (χ0v) is 8.73. The van der Waals surface area contributed by atoms with Gasteiger partial charge < -0.3 is 0 Å². The lowest BCUT2D eigenvalue weighted by molar-refractivity contribution is -0.166. The van der Waals surface area contributed by atoms with Crippen molar-refractivity contribution < 1.29 is 13.2 Å². The summed E-state index contributed by atoms with van der Waals surface area (Å²) in [6.07, 6.45) is -4.50. The maximum atomic E-state index is 12.8. The average molecular weight is 240 g/mol. The van der Waals surface area contributed by atoms with E-state index in [1.807, 2.05) is 0 Å². The van der Waals surface area contributed by atoms with E-state index >= 15 is 0 Å². The van der Waals surface area contributed by atoms with Gasteiger partial charge in [0.1, 0.15) is 0 Å². The molecule has 0 aliphatic carbocycles. The summed E-state index contributed by atoms with van der Waals surface area (Å²) in [5, 5.41) is 13.9. The third-order valence-electron chi connectivity index (χ3n) is 2.91. The molecule has 3 rings (SSSR count). The predicted octanol–water partition coefficient (Wildman–Crippen LogP) is 3.51. The maximum absolute atomic E-state index is 12.8. The molecule has 0 radical (unpaired) electrons. The van der Waals surface area contributed by atoms with Gasteiger partial charge in [0.2, 0.25) is 5.66 Å². The normalized spacial score (nSPS) is 22.6. The fraction of sp³-hybridized carbons (Fsp3) is 0.400. The van der Waals surface area contributed by atoms with Crippen LogP contribution in [-0.4, -0.2) is 6.18 Å². The van der Waals surface area contributed by atoms with E-state index in [9.17, 15) is 13.2 Å². The third-order valence-corrected chi connectivity index (χ3v) is 2.91. The van der Waals surface area contributed by atoms with Gasteiger partial charge in [-0.3, -0.25) is 0 Å². The Balaban J connectivity index is 2.00. The van der Waals surface area contributed by atoms with E-state index in [1.54, 1.807) is 13.0 Å². The summed E-state index contributed by atoms with van der Waals surface area (Å²) in [7, 11) is 0. The van der Waals surface area contributed by atoms with E-state index < -0.39 is 17.5 Å². The molecule has 17 heavy (non-hydrogen) atoms. The highest BCUT2D eigenvalue weighted by Gasteiger charge is 2.65. The fourth-order valence-electron chi connectivity index (χ4n) is 1.66. The first-order valence-corrected chi connectivity index (χ1v) is 4.93. The largest absolute Gasteiger partial charge is 0.442 e. The van der Waals surface area contributed by atoms with Crippen molar-refractivity contribution in [2.75, 3.05) is 0 Å². The molecule has 0 fully saturated rings. The second-order valence-electron chi connectivity index (χ2n) is 4.17. The molecule has 2 heterocycles. The minimum Gasteiger partial charge on any atom is -0.166 e. The molecule has 4 nitrogen and oxygen atoms in total. The third kappa shape index (κ3) is 1.38. The first-order valence-electron chi connectivity index (χ1n) is 4.93. The molecule has 0 spiro atoms. The number of benzene rings is 1. The van der Waals surface area contributed by atoms with Gasteiger partial charge in [0.25, 0.3) is 0 Å². The van der Waals surface area contributed by atoms with Crippen LogP contribution < -0.4 is 0 Å². The fourth-order valence-corrected chi connectivity index (χ4v) is 1.66. The van der Waals surface area contributed by atoms with Gasteiger partial charge in [0.05, 0.1) is 0 Å². The highest BCUT2D eigenvalue weighted by Crippen LogP contribution is 2.53. The van der Waals surface area contributed by atoms with Crippen molar-refractivity contribution in [1.82, 2.24) is 0 Å². The zero-order chi connectivity index (χ0) is 12.3. The molecule has 0 bridgehead atoms. The molecule has 0 saturated carbocycles. The van der Waals surface area contributed by atoms with E-state index in [0.29, 0.717) is 5.56 Å². The van der Waals surface area contributed by atoms with Crippen LogP contribution in [0, 0.1) is 0 Å². The Hall–Kier alpha value is -1.79. The Morgan fingerprint density at radius 2 is 1.59 bits per heavy atom. The van der Waals surface area contributed by atoms with Crippen LogP contribution in [0.15, 0.2) is 44.7 Å². The standard InChI is InChI=1S/C10H7F3N4/c1-8(14-15-8)6-3-2-4-7(5-6)9(16-17-9)10(11,12)13/h2-5H,1H3. The average Bonchev–Trinajstić information content (AvgIpc) is 3.10. The molecule has 1 aromatic rings. The van der Waals surface area contributed by atoms with E-state index in [0.717, 1.165) is 0 Å². The SMILES string of the molecule is CC1(c2cccc(C3(C(F)(F)F)N=N3)c2)N=N1. The van der Waals surface area contributed by atoms with Gasteiger partial charge in [0.15, 0.2) is 0 Å². The number of halogens is 3. The first kappa shape index (κ1) is 10.4. The smallest absolute Gasteiger partial charge is 0.166 e. The molecule has 0 aromatic heterocycles. The van der Waals surface area contributed by atoms with Gasteiger partial charge in [-0.05, 0) is 13.0 Å². The molecule has 2 aliphatic rings. The number of rotatable bonds is 2. The summed E-state index contributed by atoms with van der Waals surface area (Å²) in [5.74, 6) is 0. The Morgan fingerprint density at radius 1 is 1.00 bits per heavy atom. The Morgan fingerprint density at radius 3 is 2.06 bits per heavy atom. The lowest BCUT2D eigenvalue weighted by atomic mass is 9.96. The Bertz CT molecular complexity index is 535. The number of hydrogen-bond acceptors (Lipinski definition) is 4. The summed E-state index contributed by atoms with van der Waals surface area (Å²) >= 11 is 0. The van der Waals surface area contributed by atoms with Crippen molar-refractivity contribution in [2.24, 2.45) is 20.5 Å². The molecule has 0 amide bonds. The lowest BCUT2D eigenvalue weighted by Gasteiger charge is -2.16. The molecule has 0 unspecified atom stereocenters. The predicted molar refractivity (Wildman–Crippen MR) is 51.2 cm³/mol. The van der Waals surface area contributed by atoms with Gasteiger partial charge in [-0.15, -0.1) is 10.2 Å². The molecule has 88 valence electrons. The highest BCUT2D eigenvalue weighted by atomic mass is 19.4. The van der Waals surface area contributed by atoms with Gasteiger partial charge in [-0.25, -0.2) is 0 Å². The molecule has 7 heteroatoms. The van der Waals surface area contributed by atoms with Crippen LogP contribution in [0.3, 0.4) is 0 Å². The van der Waals surface area contributed by atoms with E-state index in [-0.39, 0.29) is 5.56 Å². The van der Waals surface area contributed by atoms with Crippen LogP contribution in [0.4, 0.5) is 13.2 Å². The second kappa shape index (κ2) is 2.72. The maximum Gasteiger partial charge on any atom is 0.442 e. The Labute approximate surface area is 94.3 Å². The zero-order valence-electron chi connectivity index (χ0n) is 8.73. The monoisotopic (exact) mass is 240 g/mol. The summed E-state index contributed by atoms with van der Waals surface area (Å²) in [5.41, 5.74) is -2.43. The molecule has 0 saturated heterocycles. The molecular formula is C10H7F3N4. The quantitative estimate of drug-likeness (QED) is 0.759. The molecule has 0 atom stereocenters. The van der Waals surface area contributed by atoms with Crippen LogP contribution in [0.1, 0.15) is 18.1 Å². The van der Waals surface area contributed by atoms with Crippen molar-refractivity contribution in [3.8, 4) is 0 Å². The van der Waals surface area contributed by atoms with Crippen LogP contribution >= 0.6 is 0 Å². The number of alkyl halides is 3. The van der Waals surface area contributed by atoms with E-state index in [2.05, 4.69) is 20.5 Å². The summed E-state index contributed by atoms with van der Waals surface area (Å²) in [6, 6.07) is 6.00. The van der Waals surface area contributed by atoms with Crippen molar-refractivity contribution in [1.29, 1.82) is 0 Å².